The van der Waals surface area contributed by atoms with E-state index in [0.29, 0.717) is 0 Å². The van der Waals surface area contributed by atoms with Crippen molar-refractivity contribution in [2.75, 3.05) is 13.1 Å². The first-order chi connectivity index (χ1) is 5.22. The van der Waals surface area contributed by atoms with Crippen molar-refractivity contribution >= 4 is 0 Å². The predicted octanol–water partition coefficient (Wildman–Crippen LogP) is 1.98. The summed E-state index contributed by atoms with van der Waals surface area (Å²) < 4.78 is 13.4. The Morgan fingerprint density at radius 3 is 2.64 bits per heavy atom. The Bertz CT molecular complexity index is 108. The second-order valence-electron chi connectivity index (χ2n) is 3.79. The first-order valence-corrected chi connectivity index (χ1v) is 4.56. The van der Waals surface area contributed by atoms with E-state index < -0.39 is 6.17 Å². The molecule has 1 rings (SSSR count). The molecule has 1 aliphatic rings. The van der Waals surface area contributed by atoms with Crippen LogP contribution in [0.3, 0.4) is 0 Å². The number of alkyl halides is 1. The standard InChI is InChI=1S/C9H18FN/c1-7(2)9(10)8-4-3-5-11-6-8/h7-9,11H,3-6H2,1-2H3/t8-,9-/m0/s1. The fourth-order valence-electron chi connectivity index (χ4n) is 1.69. The maximum Gasteiger partial charge on any atom is 0.106 e. The Balaban J connectivity index is 2.32. The lowest BCUT2D eigenvalue weighted by Crippen LogP contribution is -2.36. The van der Waals surface area contributed by atoms with Crippen LogP contribution in [0.4, 0.5) is 4.39 Å². The van der Waals surface area contributed by atoms with Gasteiger partial charge >= 0.3 is 0 Å². The molecule has 0 aromatic rings. The smallest absolute Gasteiger partial charge is 0.106 e. The Morgan fingerprint density at radius 2 is 2.18 bits per heavy atom. The highest BCUT2D eigenvalue weighted by Gasteiger charge is 2.25. The molecule has 2 heteroatoms. The lowest BCUT2D eigenvalue weighted by Gasteiger charge is -2.27. The molecule has 0 aromatic heterocycles. The van der Waals surface area contributed by atoms with Crippen LogP contribution in [0.25, 0.3) is 0 Å². The maximum atomic E-state index is 13.4. The molecule has 1 saturated heterocycles. The predicted molar refractivity (Wildman–Crippen MR) is 45.3 cm³/mol. The van der Waals surface area contributed by atoms with E-state index in [1.165, 1.54) is 0 Å². The highest BCUT2D eigenvalue weighted by atomic mass is 19.1. The van der Waals surface area contributed by atoms with Gasteiger partial charge < -0.3 is 5.32 Å². The molecule has 0 saturated carbocycles. The summed E-state index contributed by atoms with van der Waals surface area (Å²) in [6.45, 7) is 5.86. The van der Waals surface area contributed by atoms with Crippen LogP contribution in [-0.2, 0) is 0 Å². The number of piperidine rings is 1. The fourth-order valence-corrected chi connectivity index (χ4v) is 1.69. The van der Waals surface area contributed by atoms with E-state index in [4.69, 9.17) is 0 Å². The van der Waals surface area contributed by atoms with Crippen molar-refractivity contribution in [2.24, 2.45) is 11.8 Å². The molecule has 0 radical (unpaired) electrons. The van der Waals surface area contributed by atoms with Gasteiger partial charge in [0.25, 0.3) is 0 Å². The van der Waals surface area contributed by atoms with Crippen molar-refractivity contribution in [2.45, 2.75) is 32.9 Å². The third-order valence-corrected chi connectivity index (χ3v) is 2.42. The van der Waals surface area contributed by atoms with Gasteiger partial charge in [0.2, 0.25) is 0 Å². The van der Waals surface area contributed by atoms with Crippen LogP contribution in [0.2, 0.25) is 0 Å². The Kier molecular flexibility index (Phi) is 3.31. The van der Waals surface area contributed by atoms with Crippen LogP contribution < -0.4 is 5.32 Å². The molecule has 0 aromatic carbocycles. The van der Waals surface area contributed by atoms with Gasteiger partial charge in [-0.2, -0.15) is 0 Å². The highest BCUT2D eigenvalue weighted by Crippen LogP contribution is 2.22. The van der Waals surface area contributed by atoms with Crippen LogP contribution >= 0.6 is 0 Å². The van der Waals surface area contributed by atoms with Crippen LogP contribution in [0.5, 0.6) is 0 Å². The van der Waals surface area contributed by atoms with Gasteiger partial charge in [-0.1, -0.05) is 13.8 Å². The lowest BCUT2D eigenvalue weighted by atomic mass is 9.89. The van der Waals surface area contributed by atoms with Gasteiger partial charge in [0.05, 0.1) is 0 Å². The van der Waals surface area contributed by atoms with E-state index in [0.717, 1.165) is 25.9 Å². The molecule has 0 aliphatic carbocycles. The van der Waals surface area contributed by atoms with Gasteiger partial charge in [-0.15, -0.1) is 0 Å². The van der Waals surface area contributed by atoms with E-state index >= 15 is 0 Å². The number of rotatable bonds is 2. The molecule has 2 atom stereocenters. The summed E-state index contributed by atoms with van der Waals surface area (Å²) in [5.74, 6) is 0.448. The van der Waals surface area contributed by atoms with Crippen molar-refractivity contribution in [1.29, 1.82) is 0 Å². The summed E-state index contributed by atoms with van der Waals surface area (Å²) in [5, 5.41) is 3.23. The minimum absolute atomic E-state index is 0.180. The molecular formula is C9H18FN. The average Bonchev–Trinajstić information content (AvgIpc) is 2.05. The summed E-state index contributed by atoms with van der Waals surface area (Å²) in [4.78, 5) is 0. The summed E-state index contributed by atoms with van der Waals surface area (Å²) in [7, 11) is 0. The normalized spacial score (nSPS) is 28.9. The van der Waals surface area contributed by atoms with E-state index in [9.17, 15) is 4.39 Å². The minimum Gasteiger partial charge on any atom is -0.316 e. The summed E-state index contributed by atoms with van der Waals surface area (Å²) in [5.41, 5.74) is 0. The van der Waals surface area contributed by atoms with Crippen molar-refractivity contribution in [1.82, 2.24) is 5.32 Å². The lowest BCUT2D eigenvalue weighted by molar-refractivity contribution is 0.144. The van der Waals surface area contributed by atoms with Crippen molar-refractivity contribution in [3.63, 3.8) is 0 Å². The quantitative estimate of drug-likeness (QED) is 0.649. The van der Waals surface area contributed by atoms with Crippen LogP contribution in [-0.4, -0.2) is 19.3 Å². The van der Waals surface area contributed by atoms with Gasteiger partial charge in [-0.05, 0) is 25.3 Å². The number of hydrogen-bond donors (Lipinski definition) is 1. The van der Waals surface area contributed by atoms with E-state index in [-0.39, 0.29) is 11.8 Å². The Morgan fingerprint density at radius 1 is 1.45 bits per heavy atom. The minimum atomic E-state index is -0.609. The maximum absolute atomic E-state index is 13.4. The highest BCUT2D eigenvalue weighted by molar-refractivity contribution is 4.77. The fraction of sp³-hybridized carbons (Fsp3) is 1.00. The third kappa shape index (κ3) is 2.44. The zero-order valence-electron chi connectivity index (χ0n) is 7.44. The summed E-state index contributed by atoms with van der Waals surface area (Å²) >= 11 is 0. The van der Waals surface area contributed by atoms with E-state index in [2.05, 4.69) is 5.32 Å². The van der Waals surface area contributed by atoms with Crippen LogP contribution in [0.15, 0.2) is 0 Å². The molecule has 0 amide bonds. The third-order valence-electron chi connectivity index (χ3n) is 2.42. The monoisotopic (exact) mass is 159 g/mol. The Hall–Kier alpha value is -0.110. The number of halogens is 1. The Labute approximate surface area is 68.4 Å². The molecule has 1 fully saturated rings. The zero-order valence-corrected chi connectivity index (χ0v) is 7.44. The molecule has 1 heterocycles. The van der Waals surface area contributed by atoms with Gasteiger partial charge in [0.15, 0.2) is 0 Å². The van der Waals surface area contributed by atoms with Gasteiger partial charge in [0.1, 0.15) is 6.17 Å². The topological polar surface area (TPSA) is 12.0 Å². The number of hydrogen-bond acceptors (Lipinski definition) is 1. The molecule has 66 valence electrons. The van der Waals surface area contributed by atoms with E-state index in [1.54, 1.807) is 0 Å². The first kappa shape index (κ1) is 8.98. The van der Waals surface area contributed by atoms with Crippen molar-refractivity contribution in [3.05, 3.63) is 0 Å². The van der Waals surface area contributed by atoms with Crippen LogP contribution in [0.1, 0.15) is 26.7 Å². The average molecular weight is 159 g/mol. The largest absolute Gasteiger partial charge is 0.316 e. The molecule has 0 spiro atoms. The first-order valence-electron chi connectivity index (χ1n) is 4.56. The molecule has 1 nitrogen and oxygen atoms in total. The molecule has 1 N–H and O–H groups in total. The zero-order chi connectivity index (χ0) is 8.27. The molecule has 1 aliphatic heterocycles. The molecule has 0 bridgehead atoms. The van der Waals surface area contributed by atoms with Crippen LogP contribution in [0, 0.1) is 11.8 Å². The van der Waals surface area contributed by atoms with E-state index in [1.807, 2.05) is 13.8 Å². The number of nitrogens with one attached hydrogen (secondary N) is 1. The second kappa shape index (κ2) is 4.05. The van der Waals surface area contributed by atoms with Crippen molar-refractivity contribution < 1.29 is 4.39 Å². The van der Waals surface area contributed by atoms with Gasteiger partial charge in [-0.3, -0.25) is 0 Å². The SMILES string of the molecule is CC(C)[C@H](F)[C@H]1CCCNC1. The molecule has 0 unspecified atom stereocenters. The van der Waals surface area contributed by atoms with Gasteiger partial charge in [0, 0.05) is 12.5 Å². The second-order valence-corrected chi connectivity index (χ2v) is 3.79. The summed E-state index contributed by atoms with van der Waals surface area (Å²) in [6, 6.07) is 0. The molecule has 11 heavy (non-hydrogen) atoms. The summed E-state index contributed by atoms with van der Waals surface area (Å²) in [6.07, 6.45) is 1.59. The molecular weight excluding hydrogens is 141 g/mol. The van der Waals surface area contributed by atoms with Crippen molar-refractivity contribution in [3.8, 4) is 0 Å². The van der Waals surface area contributed by atoms with Gasteiger partial charge in [-0.25, -0.2) is 4.39 Å².